The molecule has 1 spiro atoms. The van der Waals surface area contributed by atoms with Crippen molar-refractivity contribution in [2.45, 2.75) is 96.3 Å². The third-order valence-corrected chi connectivity index (χ3v) is 4.89. The Kier molecular flexibility index (Phi) is 4.88. The van der Waals surface area contributed by atoms with Crippen LogP contribution in [0.15, 0.2) is 0 Å². The smallest absolute Gasteiger partial charge is 0.244 e. The molecule has 2 fully saturated rings. The molecule has 2 aliphatic rings. The summed E-state index contributed by atoms with van der Waals surface area (Å²) < 4.78 is 0. The van der Waals surface area contributed by atoms with Gasteiger partial charge in [0, 0.05) is 6.04 Å². The normalized spacial score (nSPS) is 27.4. The van der Waals surface area contributed by atoms with Crippen LogP contribution in [0.3, 0.4) is 0 Å². The van der Waals surface area contributed by atoms with Crippen molar-refractivity contribution in [3.05, 3.63) is 0 Å². The second-order valence-electron chi connectivity index (χ2n) is 6.44. The van der Waals surface area contributed by atoms with E-state index in [4.69, 9.17) is 0 Å². The molecule has 2 unspecified atom stereocenters. The lowest BCUT2D eigenvalue weighted by Crippen LogP contribution is -2.45. The Morgan fingerprint density at radius 1 is 1.32 bits per heavy atom. The highest BCUT2D eigenvalue weighted by molar-refractivity contribution is 5.89. The average Bonchev–Trinajstić information content (AvgIpc) is 2.95. The molecule has 19 heavy (non-hydrogen) atoms. The molecule has 2 rings (SSSR count). The number of amides is 1. The van der Waals surface area contributed by atoms with E-state index >= 15 is 0 Å². The minimum atomic E-state index is -0.194. The molecule has 1 heterocycles. The van der Waals surface area contributed by atoms with Gasteiger partial charge in [-0.3, -0.25) is 10.1 Å². The Morgan fingerprint density at radius 3 is 2.58 bits per heavy atom. The first-order chi connectivity index (χ1) is 9.14. The van der Waals surface area contributed by atoms with Gasteiger partial charge in [0.25, 0.3) is 0 Å². The molecule has 1 amide bonds. The summed E-state index contributed by atoms with van der Waals surface area (Å²) in [6.07, 6.45) is 10.6. The zero-order valence-corrected chi connectivity index (χ0v) is 12.9. The van der Waals surface area contributed by atoms with Crippen molar-refractivity contribution in [1.82, 2.24) is 10.2 Å². The number of rotatable bonds is 6. The van der Waals surface area contributed by atoms with Crippen molar-refractivity contribution in [1.29, 1.82) is 0 Å². The molecule has 1 N–H and O–H groups in total. The van der Waals surface area contributed by atoms with E-state index in [0.29, 0.717) is 11.9 Å². The van der Waals surface area contributed by atoms with Crippen LogP contribution in [0.25, 0.3) is 0 Å². The van der Waals surface area contributed by atoms with Gasteiger partial charge >= 0.3 is 0 Å². The molecule has 110 valence electrons. The number of hydrogen-bond acceptors (Lipinski definition) is 2. The third-order valence-electron chi connectivity index (χ3n) is 4.89. The minimum Gasteiger partial charge on any atom is -0.323 e. The molecule has 0 radical (unpaired) electrons. The van der Waals surface area contributed by atoms with Gasteiger partial charge in [-0.15, -0.1) is 0 Å². The molecule has 0 aromatic heterocycles. The maximum absolute atomic E-state index is 12.9. The number of nitrogens with one attached hydrogen (secondary N) is 1. The Morgan fingerprint density at radius 2 is 2.00 bits per heavy atom. The Bertz CT molecular complexity index is 310. The predicted octanol–water partition coefficient (Wildman–Crippen LogP) is 3.44. The first-order valence-electron chi connectivity index (χ1n) is 8.25. The molecule has 0 aromatic rings. The zero-order chi connectivity index (χ0) is 13.9. The summed E-state index contributed by atoms with van der Waals surface area (Å²) in [6, 6.07) is 0.386. The molecule has 1 aliphatic heterocycles. The average molecular weight is 266 g/mol. The van der Waals surface area contributed by atoms with E-state index in [2.05, 4.69) is 31.0 Å². The van der Waals surface area contributed by atoms with Crippen LogP contribution in [0.5, 0.6) is 0 Å². The lowest BCUT2D eigenvalue weighted by atomic mass is 9.97. The summed E-state index contributed by atoms with van der Waals surface area (Å²) in [6.45, 7) is 6.66. The summed E-state index contributed by atoms with van der Waals surface area (Å²) in [7, 11) is 0. The fourth-order valence-electron chi connectivity index (χ4n) is 3.81. The van der Waals surface area contributed by atoms with E-state index in [-0.39, 0.29) is 11.7 Å². The van der Waals surface area contributed by atoms with Gasteiger partial charge in [-0.2, -0.15) is 0 Å². The summed E-state index contributed by atoms with van der Waals surface area (Å²) in [5, 5.41) is 3.70. The molecule has 0 bridgehead atoms. The molecule has 0 aromatic carbocycles. The quantitative estimate of drug-likeness (QED) is 0.799. The summed E-state index contributed by atoms with van der Waals surface area (Å²) in [5.41, 5.74) is -0.194. The third kappa shape index (κ3) is 2.81. The van der Waals surface area contributed by atoms with Crippen LogP contribution in [0.4, 0.5) is 0 Å². The first-order valence-corrected chi connectivity index (χ1v) is 8.25. The Hall–Kier alpha value is -0.570. The van der Waals surface area contributed by atoms with Crippen LogP contribution in [0.2, 0.25) is 0 Å². The van der Waals surface area contributed by atoms with Crippen molar-refractivity contribution >= 4 is 5.91 Å². The highest BCUT2D eigenvalue weighted by Crippen LogP contribution is 2.38. The Labute approximate surface area is 118 Å². The van der Waals surface area contributed by atoms with Gasteiger partial charge in [0.2, 0.25) is 5.91 Å². The van der Waals surface area contributed by atoms with Crippen molar-refractivity contribution in [2.24, 2.45) is 0 Å². The van der Waals surface area contributed by atoms with Gasteiger partial charge in [0.1, 0.15) is 0 Å². The molecule has 3 heteroatoms. The number of carbonyl (C=O) groups excluding carboxylic acids is 1. The largest absolute Gasteiger partial charge is 0.323 e. The van der Waals surface area contributed by atoms with Gasteiger partial charge in [0.05, 0.1) is 11.7 Å². The summed E-state index contributed by atoms with van der Waals surface area (Å²) >= 11 is 0. The molecule has 2 atom stereocenters. The van der Waals surface area contributed by atoms with Gasteiger partial charge in [-0.1, -0.05) is 46.0 Å². The molecular weight excluding hydrogens is 236 g/mol. The predicted molar refractivity (Wildman–Crippen MR) is 78.9 cm³/mol. The number of nitrogens with zero attached hydrogens (tertiary/aromatic N) is 1. The zero-order valence-electron chi connectivity index (χ0n) is 12.9. The van der Waals surface area contributed by atoms with Crippen LogP contribution in [0.1, 0.15) is 78.6 Å². The summed E-state index contributed by atoms with van der Waals surface area (Å²) in [4.78, 5) is 15.1. The van der Waals surface area contributed by atoms with E-state index in [0.717, 1.165) is 32.1 Å². The minimum absolute atomic E-state index is 0.194. The standard InChI is InChI=1S/C16H30N2O/c1-4-6-10-13(3)18-14(9-5-2)17-16(15(18)19)11-7-8-12-16/h13-14,17H,4-12H2,1-3H3. The van der Waals surface area contributed by atoms with E-state index < -0.39 is 0 Å². The molecular formula is C16H30N2O. The van der Waals surface area contributed by atoms with Gasteiger partial charge in [-0.25, -0.2) is 0 Å². The second kappa shape index (κ2) is 6.25. The molecule has 1 aliphatic carbocycles. The highest BCUT2D eigenvalue weighted by Gasteiger charge is 2.52. The first kappa shape index (κ1) is 14.8. The molecule has 1 saturated heterocycles. The van der Waals surface area contributed by atoms with E-state index in [1.807, 2.05) is 0 Å². The van der Waals surface area contributed by atoms with Crippen molar-refractivity contribution in [3.63, 3.8) is 0 Å². The fourth-order valence-corrected chi connectivity index (χ4v) is 3.81. The second-order valence-corrected chi connectivity index (χ2v) is 6.44. The van der Waals surface area contributed by atoms with E-state index in [9.17, 15) is 4.79 Å². The number of carbonyl (C=O) groups is 1. The van der Waals surface area contributed by atoms with Gasteiger partial charge in [-0.05, 0) is 32.6 Å². The maximum Gasteiger partial charge on any atom is 0.244 e. The SMILES string of the molecule is CCCCC(C)N1C(=O)C2(CCCC2)NC1CCC. The lowest BCUT2D eigenvalue weighted by molar-refractivity contribution is -0.135. The van der Waals surface area contributed by atoms with Crippen LogP contribution in [-0.4, -0.2) is 28.6 Å². The molecule has 3 nitrogen and oxygen atoms in total. The number of unbranched alkanes of at least 4 members (excludes halogenated alkanes) is 1. The van der Waals surface area contributed by atoms with Crippen LogP contribution in [-0.2, 0) is 4.79 Å². The van der Waals surface area contributed by atoms with Crippen molar-refractivity contribution < 1.29 is 4.79 Å². The number of hydrogen-bond donors (Lipinski definition) is 1. The highest BCUT2D eigenvalue weighted by atomic mass is 16.2. The van der Waals surface area contributed by atoms with Gasteiger partial charge < -0.3 is 4.90 Å². The van der Waals surface area contributed by atoms with Gasteiger partial charge in [0.15, 0.2) is 0 Å². The lowest BCUT2D eigenvalue weighted by Gasteiger charge is -2.30. The van der Waals surface area contributed by atoms with E-state index in [1.165, 1.54) is 25.7 Å². The van der Waals surface area contributed by atoms with Crippen LogP contribution >= 0.6 is 0 Å². The van der Waals surface area contributed by atoms with Crippen LogP contribution < -0.4 is 5.32 Å². The van der Waals surface area contributed by atoms with Crippen LogP contribution in [0, 0.1) is 0 Å². The fraction of sp³-hybridized carbons (Fsp3) is 0.938. The monoisotopic (exact) mass is 266 g/mol. The van der Waals surface area contributed by atoms with Crippen molar-refractivity contribution in [3.8, 4) is 0 Å². The topological polar surface area (TPSA) is 32.3 Å². The van der Waals surface area contributed by atoms with E-state index in [1.54, 1.807) is 0 Å². The van der Waals surface area contributed by atoms with Crippen molar-refractivity contribution in [2.75, 3.05) is 0 Å². The Balaban J connectivity index is 2.11. The molecule has 1 saturated carbocycles. The summed E-state index contributed by atoms with van der Waals surface area (Å²) in [5.74, 6) is 0.395. The maximum atomic E-state index is 12.9.